The van der Waals surface area contributed by atoms with Crippen LogP contribution >= 0.6 is 0 Å². The maximum Gasteiger partial charge on any atom is 0.269 e. The second-order valence-corrected chi connectivity index (χ2v) is 7.09. The lowest BCUT2D eigenvalue weighted by Crippen LogP contribution is -2.23. The van der Waals surface area contributed by atoms with E-state index in [0.29, 0.717) is 0 Å². The normalized spacial score (nSPS) is 10.6. The van der Waals surface area contributed by atoms with Gasteiger partial charge in [0.1, 0.15) is 0 Å². The van der Waals surface area contributed by atoms with E-state index in [4.69, 9.17) is 0 Å². The number of anilines is 1. The molecule has 130 valence electrons. The van der Waals surface area contributed by atoms with E-state index >= 15 is 0 Å². The first-order valence-corrected chi connectivity index (χ1v) is 8.78. The Morgan fingerprint density at radius 3 is 2.20 bits per heavy atom. The molecule has 0 aromatic heterocycles. The van der Waals surface area contributed by atoms with Gasteiger partial charge in [-0.25, -0.2) is 8.42 Å². The summed E-state index contributed by atoms with van der Waals surface area (Å²) in [7, 11) is 0.119. The van der Waals surface area contributed by atoms with Crippen molar-refractivity contribution >= 4 is 21.4 Å². The highest BCUT2D eigenvalue weighted by atomic mass is 32.2. The highest BCUT2D eigenvalue weighted by Gasteiger charge is 2.14. The Morgan fingerprint density at radius 2 is 1.68 bits per heavy atom. The van der Waals surface area contributed by atoms with Crippen molar-refractivity contribution in [2.45, 2.75) is 4.90 Å². The van der Waals surface area contributed by atoms with E-state index in [9.17, 15) is 18.5 Å². The molecular weight excluding hydrogens is 342 g/mol. The lowest BCUT2D eigenvalue weighted by molar-refractivity contribution is -0.384. The smallest absolute Gasteiger partial charge is 0.269 e. The second kappa shape index (κ2) is 7.79. The molecule has 2 aromatic rings. The third-order valence-electron chi connectivity index (χ3n) is 3.32. The van der Waals surface area contributed by atoms with Crippen molar-refractivity contribution in [3.05, 3.63) is 64.2 Å². The van der Waals surface area contributed by atoms with Crippen LogP contribution in [0.2, 0.25) is 0 Å². The third-order valence-corrected chi connectivity index (χ3v) is 4.74. The number of nitrogens with one attached hydrogen (secondary N) is 1. The van der Waals surface area contributed by atoms with Crippen LogP contribution in [0.25, 0.3) is 0 Å². The number of rotatable bonds is 5. The average Bonchev–Trinajstić information content (AvgIpc) is 2.59. The zero-order valence-corrected chi connectivity index (χ0v) is 14.6. The summed E-state index contributed by atoms with van der Waals surface area (Å²) >= 11 is 0. The SMILES string of the molecule is CN(C)c1ccc(C#CCNS(=O)(=O)c2ccc([N+](=O)[O-])cc2)cc1. The lowest BCUT2D eigenvalue weighted by atomic mass is 10.2. The topological polar surface area (TPSA) is 92.6 Å². The van der Waals surface area contributed by atoms with Crippen molar-refractivity contribution in [1.82, 2.24) is 4.72 Å². The molecule has 0 bridgehead atoms. The summed E-state index contributed by atoms with van der Waals surface area (Å²) in [5.74, 6) is 5.62. The largest absolute Gasteiger partial charge is 0.378 e. The number of hydrogen-bond donors (Lipinski definition) is 1. The molecule has 0 unspecified atom stereocenters. The predicted octanol–water partition coefficient (Wildman–Crippen LogP) is 1.99. The number of nitro benzene ring substituents is 1. The van der Waals surface area contributed by atoms with Crippen molar-refractivity contribution in [3.8, 4) is 11.8 Å². The molecule has 8 heteroatoms. The van der Waals surface area contributed by atoms with Gasteiger partial charge >= 0.3 is 0 Å². The van der Waals surface area contributed by atoms with Gasteiger partial charge < -0.3 is 4.90 Å². The molecule has 7 nitrogen and oxygen atoms in total. The highest BCUT2D eigenvalue weighted by molar-refractivity contribution is 7.89. The van der Waals surface area contributed by atoms with Gasteiger partial charge in [-0.2, -0.15) is 4.72 Å². The van der Waals surface area contributed by atoms with Crippen molar-refractivity contribution in [3.63, 3.8) is 0 Å². The first kappa shape index (κ1) is 18.4. The quantitative estimate of drug-likeness (QED) is 0.501. The minimum atomic E-state index is -3.76. The van der Waals surface area contributed by atoms with Crippen LogP contribution in [0, 0.1) is 22.0 Å². The summed E-state index contributed by atoms with van der Waals surface area (Å²) in [6.45, 7) is -0.0608. The van der Waals surface area contributed by atoms with Gasteiger partial charge in [-0.1, -0.05) is 11.8 Å². The van der Waals surface area contributed by atoms with Crippen LogP contribution in [0.15, 0.2) is 53.4 Å². The van der Waals surface area contributed by atoms with Crippen molar-refractivity contribution in [2.75, 3.05) is 25.5 Å². The molecule has 0 fully saturated rings. The Hall–Kier alpha value is -2.89. The molecular formula is C17H17N3O4S. The molecule has 2 rings (SSSR count). The molecule has 25 heavy (non-hydrogen) atoms. The van der Waals surface area contributed by atoms with Gasteiger partial charge in [0.25, 0.3) is 5.69 Å². The van der Waals surface area contributed by atoms with Crippen LogP contribution in [0.1, 0.15) is 5.56 Å². The van der Waals surface area contributed by atoms with Crippen molar-refractivity contribution < 1.29 is 13.3 Å². The Morgan fingerprint density at radius 1 is 1.08 bits per heavy atom. The second-order valence-electron chi connectivity index (χ2n) is 5.32. The Balaban J connectivity index is 1.99. The monoisotopic (exact) mass is 359 g/mol. The standard InChI is InChI=1S/C17H17N3O4S/c1-19(2)15-7-5-14(6-8-15)4-3-13-18-25(23,24)17-11-9-16(10-12-17)20(21)22/h5-12,18H,13H2,1-2H3. The fourth-order valence-corrected chi connectivity index (χ4v) is 2.87. The number of nitrogens with zero attached hydrogens (tertiary/aromatic N) is 2. The maximum absolute atomic E-state index is 12.1. The van der Waals surface area contributed by atoms with Crippen LogP contribution in [-0.4, -0.2) is 34.0 Å². The summed E-state index contributed by atoms with van der Waals surface area (Å²) in [6, 6.07) is 12.2. The molecule has 1 N–H and O–H groups in total. The zero-order valence-electron chi connectivity index (χ0n) is 13.8. The number of sulfonamides is 1. The molecule has 0 aliphatic heterocycles. The molecule has 0 spiro atoms. The first-order chi connectivity index (χ1) is 11.8. The van der Waals surface area contributed by atoms with E-state index < -0.39 is 14.9 Å². The van der Waals surface area contributed by atoms with Gasteiger partial charge in [0.05, 0.1) is 16.4 Å². The summed E-state index contributed by atoms with van der Waals surface area (Å²) in [6.07, 6.45) is 0. The molecule has 0 aliphatic carbocycles. The number of benzene rings is 2. The minimum Gasteiger partial charge on any atom is -0.378 e. The van der Waals surface area contributed by atoms with E-state index in [0.717, 1.165) is 23.4 Å². The Bertz CT molecular complexity index is 909. The molecule has 0 saturated carbocycles. The third kappa shape index (κ3) is 5.04. The van der Waals surface area contributed by atoms with E-state index in [1.165, 1.54) is 12.1 Å². The molecule has 0 radical (unpaired) electrons. The Kier molecular flexibility index (Phi) is 5.75. The van der Waals surface area contributed by atoms with E-state index in [1.54, 1.807) is 0 Å². The zero-order chi connectivity index (χ0) is 18.4. The minimum absolute atomic E-state index is 0.0461. The highest BCUT2D eigenvalue weighted by Crippen LogP contribution is 2.15. The summed E-state index contributed by atoms with van der Waals surface area (Å²) < 4.78 is 26.5. The first-order valence-electron chi connectivity index (χ1n) is 7.30. The van der Waals surface area contributed by atoms with Crippen LogP contribution in [0.4, 0.5) is 11.4 Å². The predicted molar refractivity (Wildman–Crippen MR) is 95.9 cm³/mol. The number of non-ortho nitro benzene ring substituents is 1. The van der Waals surface area contributed by atoms with Gasteiger partial charge in [-0.15, -0.1) is 0 Å². The maximum atomic E-state index is 12.1. The van der Waals surface area contributed by atoms with E-state index in [2.05, 4.69) is 16.6 Å². The van der Waals surface area contributed by atoms with Gasteiger partial charge in [-0.3, -0.25) is 10.1 Å². The molecule has 0 amide bonds. The van der Waals surface area contributed by atoms with Crippen LogP contribution < -0.4 is 9.62 Å². The molecule has 0 aliphatic rings. The number of nitro groups is 1. The summed E-state index contributed by atoms with van der Waals surface area (Å²) in [5, 5.41) is 10.6. The van der Waals surface area contributed by atoms with E-state index in [1.807, 2.05) is 43.3 Å². The van der Waals surface area contributed by atoms with Gasteiger partial charge in [0, 0.05) is 37.5 Å². The van der Waals surface area contributed by atoms with Crippen LogP contribution in [0.5, 0.6) is 0 Å². The summed E-state index contributed by atoms with van der Waals surface area (Å²) in [5.41, 5.74) is 1.66. The van der Waals surface area contributed by atoms with Gasteiger partial charge in [-0.05, 0) is 36.4 Å². The number of hydrogen-bond acceptors (Lipinski definition) is 5. The molecule has 0 saturated heterocycles. The van der Waals surface area contributed by atoms with Crippen molar-refractivity contribution in [2.24, 2.45) is 0 Å². The van der Waals surface area contributed by atoms with Gasteiger partial charge in [0.15, 0.2) is 0 Å². The van der Waals surface area contributed by atoms with Gasteiger partial charge in [0.2, 0.25) is 10.0 Å². The molecule has 2 aromatic carbocycles. The average molecular weight is 359 g/mol. The fourth-order valence-electron chi connectivity index (χ4n) is 1.95. The molecule has 0 heterocycles. The van der Waals surface area contributed by atoms with Crippen LogP contribution in [-0.2, 0) is 10.0 Å². The summed E-state index contributed by atoms with van der Waals surface area (Å²) in [4.78, 5) is 11.9. The van der Waals surface area contributed by atoms with Crippen molar-refractivity contribution in [1.29, 1.82) is 0 Å². The Labute approximate surface area is 146 Å². The van der Waals surface area contributed by atoms with Crippen LogP contribution in [0.3, 0.4) is 0 Å². The lowest BCUT2D eigenvalue weighted by Gasteiger charge is -2.11. The fraction of sp³-hybridized carbons (Fsp3) is 0.176. The molecule has 0 atom stereocenters. The van der Waals surface area contributed by atoms with E-state index in [-0.39, 0.29) is 17.1 Å².